The summed E-state index contributed by atoms with van der Waals surface area (Å²) in [5.41, 5.74) is 0.578. The summed E-state index contributed by atoms with van der Waals surface area (Å²) in [5, 5.41) is 8.60. The third-order valence-electron chi connectivity index (χ3n) is 3.92. The number of rotatable bonds is 3. The van der Waals surface area contributed by atoms with E-state index in [1.165, 1.54) is 38.5 Å². The van der Waals surface area contributed by atoms with Crippen molar-refractivity contribution >= 4 is 5.97 Å². The number of nitrogens with zero attached hydrogens (tertiary/aromatic N) is 1. The summed E-state index contributed by atoms with van der Waals surface area (Å²) in [4.78, 5) is 12.7. The summed E-state index contributed by atoms with van der Waals surface area (Å²) >= 11 is 0. The lowest BCUT2D eigenvalue weighted by atomic mass is 9.73. The number of carbonyl (C=O) groups is 1. The quantitative estimate of drug-likeness (QED) is 0.777. The van der Waals surface area contributed by atoms with Gasteiger partial charge < -0.3 is 10.0 Å². The lowest BCUT2D eigenvalue weighted by molar-refractivity contribution is -0.138. The Kier molecular flexibility index (Phi) is 3.29. The highest BCUT2D eigenvalue weighted by molar-refractivity contribution is 5.66. The molecule has 0 radical (unpaired) electrons. The topological polar surface area (TPSA) is 40.5 Å². The van der Waals surface area contributed by atoms with Crippen LogP contribution in [-0.4, -0.2) is 35.6 Å². The minimum Gasteiger partial charge on any atom is -0.481 e. The third-order valence-corrected chi connectivity index (χ3v) is 3.92. The fourth-order valence-electron chi connectivity index (χ4n) is 3.11. The molecule has 0 bridgehead atoms. The highest BCUT2D eigenvalue weighted by Gasteiger charge is 2.41. The monoisotopic (exact) mass is 211 g/mol. The Bertz CT molecular complexity index is 224. The minimum absolute atomic E-state index is 0.302. The molecule has 0 unspecified atom stereocenters. The van der Waals surface area contributed by atoms with Gasteiger partial charge in [-0.2, -0.15) is 0 Å². The van der Waals surface area contributed by atoms with Crippen LogP contribution in [0.3, 0.4) is 0 Å². The zero-order chi connectivity index (χ0) is 10.7. The van der Waals surface area contributed by atoms with E-state index in [1.807, 2.05) is 0 Å². The van der Waals surface area contributed by atoms with Crippen LogP contribution in [0, 0.1) is 5.41 Å². The first-order chi connectivity index (χ1) is 7.20. The summed E-state index contributed by atoms with van der Waals surface area (Å²) < 4.78 is 0. The average Bonchev–Trinajstić information content (AvgIpc) is 2.37. The predicted octanol–water partition coefficient (Wildman–Crippen LogP) is 2.12. The fourth-order valence-corrected chi connectivity index (χ4v) is 3.11. The van der Waals surface area contributed by atoms with E-state index < -0.39 is 5.97 Å². The molecular formula is C12H21NO2. The van der Waals surface area contributed by atoms with Crippen molar-refractivity contribution < 1.29 is 9.90 Å². The molecule has 1 spiro atoms. The average molecular weight is 211 g/mol. The Morgan fingerprint density at radius 2 is 1.73 bits per heavy atom. The molecule has 2 aliphatic rings. The number of aliphatic carboxylic acids is 1. The summed E-state index contributed by atoms with van der Waals surface area (Å²) in [6.45, 7) is 3.05. The van der Waals surface area contributed by atoms with Crippen LogP contribution < -0.4 is 0 Å². The second kappa shape index (κ2) is 4.52. The van der Waals surface area contributed by atoms with E-state index in [-0.39, 0.29) is 0 Å². The van der Waals surface area contributed by atoms with Gasteiger partial charge in [-0.3, -0.25) is 4.79 Å². The van der Waals surface area contributed by atoms with Gasteiger partial charge in [-0.05, 0) is 18.3 Å². The standard InChI is InChI=1S/C12H21NO2/c14-11(15)5-8-13-9-12(10-13)6-3-1-2-4-7-12/h1-10H2,(H,14,15). The molecular weight excluding hydrogens is 190 g/mol. The zero-order valence-electron chi connectivity index (χ0n) is 9.37. The van der Waals surface area contributed by atoms with Gasteiger partial charge >= 0.3 is 5.97 Å². The predicted molar refractivity (Wildman–Crippen MR) is 58.8 cm³/mol. The van der Waals surface area contributed by atoms with E-state index in [2.05, 4.69) is 4.90 Å². The van der Waals surface area contributed by atoms with Gasteiger partial charge in [-0.25, -0.2) is 0 Å². The summed E-state index contributed by atoms with van der Waals surface area (Å²) in [6.07, 6.45) is 8.61. The number of hydrogen-bond donors (Lipinski definition) is 1. The van der Waals surface area contributed by atoms with Gasteiger partial charge in [-0.15, -0.1) is 0 Å². The molecule has 0 amide bonds. The first-order valence-electron chi connectivity index (χ1n) is 6.14. The second-order valence-corrected chi connectivity index (χ2v) is 5.27. The smallest absolute Gasteiger partial charge is 0.304 e. The Morgan fingerprint density at radius 3 is 2.27 bits per heavy atom. The van der Waals surface area contributed by atoms with Crippen LogP contribution in [0.5, 0.6) is 0 Å². The molecule has 3 nitrogen and oxygen atoms in total. The number of likely N-dealkylation sites (tertiary alicyclic amines) is 1. The molecule has 0 aromatic carbocycles. The largest absolute Gasteiger partial charge is 0.481 e. The van der Waals surface area contributed by atoms with Crippen LogP contribution in [-0.2, 0) is 4.79 Å². The summed E-state index contributed by atoms with van der Waals surface area (Å²) in [7, 11) is 0. The van der Waals surface area contributed by atoms with Gasteiger partial charge in [0.15, 0.2) is 0 Å². The molecule has 86 valence electrons. The van der Waals surface area contributed by atoms with Crippen LogP contribution >= 0.6 is 0 Å². The van der Waals surface area contributed by atoms with Gasteiger partial charge in [-0.1, -0.05) is 25.7 Å². The Morgan fingerprint density at radius 1 is 1.13 bits per heavy atom. The maximum atomic E-state index is 10.4. The lowest BCUT2D eigenvalue weighted by Gasteiger charge is -2.50. The molecule has 0 atom stereocenters. The molecule has 3 heteroatoms. The van der Waals surface area contributed by atoms with Crippen LogP contribution in [0.4, 0.5) is 0 Å². The maximum absolute atomic E-state index is 10.4. The summed E-state index contributed by atoms with van der Waals surface area (Å²) in [5.74, 6) is -0.670. The zero-order valence-corrected chi connectivity index (χ0v) is 9.37. The van der Waals surface area contributed by atoms with E-state index in [9.17, 15) is 4.79 Å². The molecule has 1 saturated carbocycles. The normalized spacial score (nSPS) is 25.9. The van der Waals surface area contributed by atoms with Crippen LogP contribution in [0.15, 0.2) is 0 Å². The highest BCUT2D eigenvalue weighted by Crippen LogP contribution is 2.42. The molecule has 1 aliphatic heterocycles. The Labute approximate surface area is 91.5 Å². The van der Waals surface area contributed by atoms with Crippen molar-refractivity contribution in [3.05, 3.63) is 0 Å². The Balaban J connectivity index is 1.72. The maximum Gasteiger partial charge on any atom is 0.304 e. The van der Waals surface area contributed by atoms with E-state index in [0.717, 1.165) is 19.6 Å². The van der Waals surface area contributed by atoms with E-state index >= 15 is 0 Å². The first kappa shape index (κ1) is 10.9. The van der Waals surface area contributed by atoms with E-state index in [4.69, 9.17) is 5.11 Å². The van der Waals surface area contributed by atoms with Gasteiger partial charge in [0, 0.05) is 19.6 Å². The van der Waals surface area contributed by atoms with Gasteiger partial charge in [0.2, 0.25) is 0 Å². The molecule has 0 aromatic rings. The van der Waals surface area contributed by atoms with Crippen molar-refractivity contribution in [3.63, 3.8) is 0 Å². The Hall–Kier alpha value is -0.570. The van der Waals surface area contributed by atoms with Crippen molar-refractivity contribution in [3.8, 4) is 0 Å². The van der Waals surface area contributed by atoms with Crippen LogP contribution in [0.1, 0.15) is 44.9 Å². The highest BCUT2D eigenvalue weighted by atomic mass is 16.4. The summed E-state index contributed by atoms with van der Waals surface area (Å²) in [6, 6.07) is 0. The van der Waals surface area contributed by atoms with Crippen LogP contribution in [0.2, 0.25) is 0 Å². The number of hydrogen-bond acceptors (Lipinski definition) is 2. The third kappa shape index (κ3) is 2.71. The van der Waals surface area contributed by atoms with E-state index in [0.29, 0.717) is 11.8 Å². The molecule has 1 N–H and O–H groups in total. The molecule has 1 aliphatic carbocycles. The second-order valence-electron chi connectivity index (χ2n) is 5.27. The van der Waals surface area contributed by atoms with Crippen molar-refractivity contribution in [2.24, 2.45) is 5.41 Å². The van der Waals surface area contributed by atoms with Crippen molar-refractivity contribution in [1.82, 2.24) is 4.90 Å². The fraction of sp³-hybridized carbons (Fsp3) is 0.917. The first-order valence-corrected chi connectivity index (χ1v) is 6.14. The van der Waals surface area contributed by atoms with Gasteiger partial charge in [0.1, 0.15) is 0 Å². The minimum atomic E-state index is -0.670. The lowest BCUT2D eigenvalue weighted by Crippen LogP contribution is -2.56. The number of carboxylic acid groups (broad SMARTS) is 1. The molecule has 1 saturated heterocycles. The molecule has 0 aromatic heterocycles. The molecule has 1 heterocycles. The van der Waals surface area contributed by atoms with E-state index in [1.54, 1.807) is 0 Å². The van der Waals surface area contributed by atoms with Crippen molar-refractivity contribution in [2.75, 3.05) is 19.6 Å². The SMILES string of the molecule is O=C(O)CCN1CC2(CCCCCC2)C1. The van der Waals surface area contributed by atoms with Gasteiger partial charge in [0.25, 0.3) is 0 Å². The number of carboxylic acids is 1. The molecule has 2 rings (SSSR count). The van der Waals surface area contributed by atoms with Crippen molar-refractivity contribution in [1.29, 1.82) is 0 Å². The van der Waals surface area contributed by atoms with Crippen LogP contribution in [0.25, 0.3) is 0 Å². The van der Waals surface area contributed by atoms with Crippen molar-refractivity contribution in [2.45, 2.75) is 44.9 Å². The molecule has 15 heavy (non-hydrogen) atoms. The molecule has 2 fully saturated rings. The van der Waals surface area contributed by atoms with Gasteiger partial charge in [0.05, 0.1) is 6.42 Å².